The average molecular weight is 214 g/mol. The minimum absolute atomic E-state index is 0.0842. The van der Waals surface area contributed by atoms with Crippen molar-refractivity contribution in [3.05, 3.63) is 64.7 Å². The maximum atomic E-state index is 10.6. The van der Waals surface area contributed by atoms with E-state index in [-0.39, 0.29) is 5.69 Å². The average Bonchev–Trinajstić information content (AvgIpc) is 2.30. The number of rotatable bonds is 3. The van der Waals surface area contributed by atoms with Crippen LogP contribution in [-0.4, -0.2) is 4.92 Å². The summed E-state index contributed by atoms with van der Waals surface area (Å²) < 4.78 is 0. The summed E-state index contributed by atoms with van der Waals surface area (Å²) in [6.45, 7) is 0. The van der Waals surface area contributed by atoms with Gasteiger partial charge in [-0.05, 0) is 18.2 Å². The molecule has 0 unspecified atom stereocenters. The number of nitrogens with one attached hydrogen (secondary N) is 1. The van der Waals surface area contributed by atoms with Crippen molar-refractivity contribution in [2.45, 2.75) is 0 Å². The van der Waals surface area contributed by atoms with Gasteiger partial charge in [0.05, 0.1) is 4.92 Å². The van der Waals surface area contributed by atoms with E-state index >= 15 is 0 Å². The summed E-state index contributed by atoms with van der Waals surface area (Å²) in [5.41, 5.74) is 1.70. The van der Waals surface area contributed by atoms with Crippen LogP contribution in [0, 0.1) is 10.1 Å². The number of anilines is 2. The molecule has 2 aromatic carbocycles. The Kier molecular flexibility index (Phi) is 2.82. The molecule has 4 heteroatoms. The first kappa shape index (κ1) is 10.2. The molecule has 0 aromatic heterocycles. The number of benzene rings is 2. The van der Waals surface area contributed by atoms with Crippen LogP contribution in [0.2, 0.25) is 0 Å². The van der Waals surface area contributed by atoms with Crippen molar-refractivity contribution in [3.8, 4) is 0 Å². The van der Waals surface area contributed by atoms with Crippen LogP contribution in [-0.2, 0) is 0 Å². The molecule has 1 N–H and O–H groups in total. The predicted molar refractivity (Wildman–Crippen MR) is 62.8 cm³/mol. The van der Waals surface area contributed by atoms with Crippen LogP contribution in [0.15, 0.2) is 54.6 Å². The van der Waals surface area contributed by atoms with Crippen LogP contribution in [0.1, 0.15) is 0 Å². The van der Waals surface area contributed by atoms with E-state index in [4.69, 9.17) is 0 Å². The van der Waals surface area contributed by atoms with Crippen molar-refractivity contribution in [1.82, 2.24) is 0 Å². The second-order valence-electron chi connectivity index (χ2n) is 3.30. The summed E-state index contributed by atoms with van der Waals surface area (Å²) in [6, 6.07) is 15.9. The summed E-state index contributed by atoms with van der Waals surface area (Å²) in [4.78, 5) is 10.2. The summed E-state index contributed by atoms with van der Waals surface area (Å²) in [6.07, 6.45) is 0. The molecule has 0 atom stereocenters. The number of para-hydroxylation sites is 1. The third-order valence-electron chi connectivity index (χ3n) is 2.12. The summed E-state index contributed by atoms with van der Waals surface area (Å²) in [5.74, 6) is 0. The Labute approximate surface area is 92.7 Å². The quantitative estimate of drug-likeness (QED) is 0.629. The van der Waals surface area contributed by atoms with Crippen LogP contribution in [0.4, 0.5) is 17.1 Å². The van der Waals surface area contributed by atoms with Crippen LogP contribution >= 0.6 is 0 Å². The van der Waals surface area contributed by atoms with Gasteiger partial charge in [-0.2, -0.15) is 0 Å². The van der Waals surface area contributed by atoms with E-state index in [1.807, 2.05) is 30.3 Å². The zero-order valence-corrected chi connectivity index (χ0v) is 8.46. The number of nitro benzene ring substituents is 1. The molecule has 0 saturated heterocycles. The number of hydrogen-bond acceptors (Lipinski definition) is 3. The molecule has 4 nitrogen and oxygen atoms in total. The molecule has 0 saturated carbocycles. The maximum absolute atomic E-state index is 10.6. The zero-order chi connectivity index (χ0) is 11.4. The van der Waals surface area contributed by atoms with Crippen molar-refractivity contribution < 1.29 is 4.92 Å². The topological polar surface area (TPSA) is 55.2 Å². The summed E-state index contributed by atoms with van der Waals surface area (Å²) in [7, 11) is 0. The smallest absolute Gasteiger partial charge is 0.271 e. The van der Waals surface area contributed by atoms with Gasteiger partial charge in [0.25, 0.3) is 5.69 Å². The largest absolute Gasteiger partial charge is 0.355 e. The highest BCUT2D eigenvalue weighted by Gasteiger charge is 2.05. The Hall–Kier alpha value is -2.36. The lowest BCUT2D eigenvalue weighted by atomic mass is 10.2. The summed E-state index contributed by atoms with van der Waals surface area (Å²) >= 11 is 0. The SMILES string of the molecule is O=[N+]([O-])c1cccc(Nc2ccccc2)c1. The molecule has 0 aliphatic heterocycles. The Morgan fingerprint density at radius 3 is 2.31 bits per heavy atom. The third kappa shape index (κ3) is 2.36. The van der Waals surface area contributed by atoms with Gasteiger partial charge in [0, 0.05) is 23.5 Å². The van der Waals surface area contributed by atoms with Crippen molar-refractivity contribution in [2.24, 2.45) is 0 Å². The van der Waals surface area contributed by atoms with E-state index < -0.39 is 4.92 Å². The molecule has 0 radical (unpaired) electrons. The predicted octanol–water partition coefficient (Wildman–Crippen LogP) is 3.34. The lowest BCUT2D eigenvalue weighted by molar-refractivity contribution is -0.384. The molecule has 0 aliphatic rings. The maximum Gasteiger partial charge on any atom is 0.271 e. The first-order chi connectivity index (χ1) is 7.75. The minimum Gasteiger partial charge on any atom is -0.355 e. The number of hydrogen-bond donors (Lipinski definition) is 1. The number of nitro groups is 1. The highest BCUT2D eigenvalue weighted by molar-refractivity contribution is 5.61. The molecule has 16 heavy (non-hydrogen) atoms. The highest BCUT2D eigenvalue weighted by atomic mass is 16.6. The lowest BCUT2D eigenvalue weighted by Gasteiger charge is -2.05. The molecule has 0 fully saturated rings. The molecule has 0 aliphatic carbocycles. The van der Waals surface area contributed by atoms with E-state index in [1.54, 1.807) is 12.1 Å². The molecule has 0 spiro atoms. The molecule has 0 heterocycles. The van der Waals surface area contributed by atoms with Gasteiger partial charge in [0.15, 0.2) is 0 Å². The van der Waals surface area contributed by atoms with Gasteiger partial charge in [-0.3, -0.25) is 10.1 Å². The van der Waals surface area contributed by atoms with Crippen LogP contribution in [0.5, 0.6) is 0 Å². The third-order valence-corrected chi connectivity index (χ3v) is 2.12. The molecular formula is C12H10N2O2. The van der Waals surface area contributed by atoms with E-state index in [1.165, 1.54) is 12.1 Å². The standard InChI is InChI=1S/C12H10N2O2/c15-14(16)12-8-4-7-11(9-12)13-10-5-2-1-3-6-10/h1-9,13H. The fraction of sp³-hybridized carbons (Fsp3) is 0. The molecular weight excluding hydrogens is 204 g/mol. The number of nitrogens with zero attached hydrogens (tertiary/aromatic N) is 1. The van der Waals surface area contributed by atoms with E-state index in [0.29, 0.717) is 5.69 Å². The van der Waals surface area contributed by atoms with E-state index in [2.05, 4.69) is 5.32 Å². The van der Waals surface area contributed by atoms with Crippen LogP contribution in [0.25, 0.3) is 0 Å². The van der Waals surface area contributed by atoms with Crippen molar-refractivity contribution in [3.63, 3.8) is 0 Å². The second-order valence-corrected chi connectivity index (χ2v) is 3.30. The summed E-state index contributed by atoms with van der Waals surface area (Å²) in [5, 5.41) is 13.7. The van der Waals surface area contributed by atoms with Gasteiger partial charge < -0.3 is 5.32 Å². The van der Waals surface area contributed by atoms with Crippen molar-refractivity contribution in [2.75, 3.05) is 5.32 Å². The molecule has 2 aromatic rings. The Morgan fingerprint density at radius 1 is 0.938 bits per heavy atom. The monoisotopic (exact) mass is 214 g/mol. The molecule has 0 amide bonds. The van der Waals surface area contributed by atoms with Gasteiger partial charge in [0.1, 0.15) is 0 Å². The fourth-order valence-corrected chi connectivity index (χ4v) is 1.39. The second kappa shape index (κ2) is 4.44. The number of non-ortho nitro benzene ring substituents is 1. The Bertz CT molecular complexity index is 497. The molecule has 2 rings (SSSR count). The van der Waals surface area contributed by atoms with E-state index in [0.717, 1.165) is 5.69 Å². The van der Waals surface area contributed by atoms with Crippen LogP contribution < -0.4 is 5.32 Å². The lowest BCUT2D eigenvalue weighted by Crippen LogP contribution is -1.92. The zero-order valence-electron chi connectivity index (χ0n) is 8.46. The highest BCUT2D eigenvalue weighted by Crippen LogP contribution is 2.20. The van der Waals surface area contributed by atoms with Gasteiger partial charge in [-0.1, -0.05) is 24.3 Å². The first-order valence-corrected chi connectivity index (χ1v) is 4.82. The molecule has 80 valence electrons. The van der Waals surface area contributed by atoms with Gasteiger partial charge in [-0.25, -0.2) is 0 Å². The Balaban J connectivity index is 2.22. The van der Waals surface area contributed by atoms with Crippen molar-refractivity contribution >= 4 is 17.1 Å². The first-order valence-electron chi connectivity index (χ1n) is 4.82. The Morgan fingerprint density at radius 2 is 1.62 bits per heavy atom. The fourth-order valence-electron chi connectivity index (χ4n) is 1.39. The minimum atomic E-state index is -0.407. The molecule has 0 bridgehead atoms. The van der Waals surface area contributed by atoms with Gasteiger partial charge in [-0.15, -0.1) is 0 Å². The van der Waals surface area contributed by atoms with E-state index in [9.17, 15) is 10.1 Å². The van der Waals surface area contributed by atoms with Gasteiger partial charge in [0.2, 0.25) is 0 Å². The van der Waals surface area contributed by atoms with Crippen LogP contribution in [0.3, 0.4) is 0 Å². The normalized spacial score (nSPS) is 9.75. The van der Waals surface area contributed by atoms with Crippen molar-refractivity contribution in [1.29, 1.82) is 0 Å². The van der Waals surface area contributed by atoms with Gasteiger partial charge >= 0.3 is 0 Å².